The minimum atomic E-state index is -0.317. The van der Waals surface area contributed by atoms with E-state index < -0.39 is 0 Å². The van der Waals surface area contributed by atoms with Crippen LogP contribution in [0.15, 0.2) is 71.1 Å². The number of nitrogens with zero attached hydrogens (tertiary/aromatic N) is 6. The van der Waals surface area contributed by atoms with E-state index in [2.05, 4.69) is 34.6 Å². The summed E-state index contributed by atoms with van der Waals surface area (Å²) in [7, 11) is 0. The third-order valence-electron chi connectivity index (χ3n) is 7.89. The van der Waals surface area contributed by atoms with Crippen LogP contribution in [0.25, 0.3) is 22.0 Å². The summed E-state index contributed by atoms with van der Waals surface area (Å²) in [5.74, 6) is 0.956. The minimum Gasteiger partial charge on any atom is -0.352 e. The van der Waals surface area contributed by atoms with Crippen LogP contribution in [0.1, 0.15) is 25.5 Å². The number of rotatable bonds is 4. The monoisotopic (exact) mass is 558 g/mol. The highest BCUT2D eigenvalue weighted by molar-refractivity contribution is 7.99. The van der Waals surface area contributed by atoms with Gasteiger partial charge in [0.1, 0.15) is 11.6 Å². The standard InChI is InChI=1S/C30H31FN6O2S/c1-5-25(38)37-19(3)14-34(15-20(37)4)29-24-13-18(2)26(21-7-9-22(31)10-8-21)28-27(24)35(30(39)33-29)16-23(17-40-28)36-12-6-11-32-36/h5-13,19-20,23H,1,14-17H2,2-4H3/t19-,20+,23?. The van der Waals surface area contributed by atoms with Gasteiger partial charge in [0.05, 0.1) is 18.1 Å². The van der Waals surface area contributed by atoms with Gasteiger partial charge in [-0.25, -0.2) is 9.18 Å². The van der Waals surface area contributed by atoms with Crippen molar-refractivity contribution in [1.82, 2.24) is 24.2 Å². The van der Waals surface area contributed by atoms with E-state index >= 15 is 0 Å². The van der Waals surface area contributed by atoms with Crippen molar-refractivity contribution in [2.45, 2.75) is 50.3 Å². The van der Waals surface area contributed by atoms with Crippen molar-refractivity contribution >= 4 is 34.4 Å². The highest BCUT2D eigenvalue weighted by Crippen LogP contribution is 2.44. The molecule has 1 unspecified atom stereocenters. The first-order valence-electron chi connectivity index (χ1n) is 13.4. The molecular weight excluding hydrogens is 527 g/mol. The Morgan fingerprint density at radius 1 is 1.15 bits per heavy atom. The van der Waals surface area contributed by atoms with Gasteiger partial charge >= 0.3 is 5.69 Å². The fourth-order valence-electron chi connectivity index (χ4n) is 6.18. The second-order valence-electron chi connectivity index (χ2n) is 10.6. The van der Waals surface area contributed by atoms with Crippen molar-refractivity contribution in [2.24, 2.45) is 0 Å². The summed E-state index contributed by atoms with van der Waals surface area (Å²) >= 11 is 1.70. The predicted octanol–water partition coefficient (Wildman–Crippen LogP) is 4.67. The Balaban J connectivity index is 1.56. The first kappa shape index (κ1) is 26.3. The molecule has 10 heteroatoms. The first-order valence-corrected chi connectivity index (χ1v) is 14.4. The van der Waals surface area contributed by atoms with Gasteiger partial charge in [-0.3, -0.25) is 14.0 Å². The second-order valence-corrected chi connectivity index (χ2v) is 11.7. The molecule has 2 aliphatic heterocycles. The molecule has 0 spiro atoms. The maximum atomic E-state index is 13.9. The minimum absolute atomic E-state index is 0.0455. The number of hydrogen-bond donors (Lipinski definition) is 0. The zero-order valence-electron chi connectivity index (χ0n) is 22.7. The van der Waals surface area contributed by atoms with Crippen molar-refractivity contribution in [3.8, 4) is 11.1 Å². The summed E-state index contributed by atoms with van der Waals surface area (Å²) in [6, 6.07) is 10.3. The van der Waals surface area contributed by atoms with Gasteiger partial charge in [-0.15, -0.1) is 11.8 Å². The molecule has 0 bridgehead atoms. The van der Waals surface area contributed by atoms with Crippen LogP contribution in [0.3, 0.4) is 0 Å². The van der Waals surface area contributed by atoms with E-state index in [1.54, 1.807) is 34.7 Å². The number of piperazine rings is 1. The van der Waals surface area contributed by atoms with E-state index in [1.807, 2.05) is 35.7 Å². The normalized spacial score (nSPS) is 20.9. The van der Waals surface area contributed by atoms with Crippen LogP contribution in [0.4, 0.5) is 10.2 Å². The molecule has 6 rings (SSSR count). The van der Waals surface area contributed by atoms with E-state index in [-0.39, 0.29) is 35.5 Å². The zero-order valence-corrected chi connectivity index (χ0v) is 23.6. The van der Waals surface area contributed by atoms with Gasteiger partial charge in [-0.2, -0.15) is 10.1 Å². The Morgan fingerprint density at radius 2 is 1.88 bits per heavy atom. The van der Waals surface area contributed by atoms with Gasteiger partial charge < -0.3 is 9.80 Å². The number of aryl methyl sites for hydroxylation is 1. The molecule has 0 N–H and O–H groups in total. The molecule has 4 aromatic rings. The number of benzene rings is 2. The van der Waals surface area contributed by atoms with Crippen molar-refractivity contribution in [3.05, 3.63) is 83.3 Å². The molecule has 1 fully saturated rings. The number of carbonyl (C=O) groups excluding carboxylic acids is 1. The van der Waals surface area contributed by atoms with Gasteiger partial charge in [-0.05, 0) is 62.2 Å². The van der Waals surface area contributed by atoms with Crippen LogP contribution in [0, 0.1) is 12.7 Å². The number of amides is 1. The van der Waals surface area contributed by atoms with Crippen molar-refractivity contribution < 1.29 is 9.18 Å². The summed E-state index contributed by atoms with van der Waals surface area (Å²) in [4.78, 5) is 35.9. The molecule has 8 nitrogen and oxygen atoms in total. The van der Waals surface area contributed by atoms with Gasteiger partial charge in [0.25, 0.3) is 0 Å². The summed E-state index contributed by atoms with van der Waals surface area (Å²) in [6.07, 6.45) is 5.02. The molecular formula is C30H31FN6O2S. The van der Waals surface area contributed by atoms with Gasteiger partial charge in [-0.1, -0.05) is 18.7 Å². The first-order chi connectivity index (χ1) is 19.3. The van der Waals surface area contributed by atoms with Crippen LogP contribution < -0.4 is 10.6 Å². The number of thioether (sulfide) groups is 1. The molecule has 2 aliphatic rings. The Hall–Kier alpha value is -3.92. The highest BCUT2D eigenvalue weighted by Gasteiger charge is 2.34. The molecule has 2 aromatic carbocycles. The van der Waals surface area contributed by atoms with E-state index in [9.17, 15) is 14.0 Å². The third-order valence-corrected chi connectivity index (χ3v) is 9.13. The van der Waals surface area contributed by atoms with Crippen LogP contribution in [-0.2, 0) is 11.3 Å². The largest absolute Gasteiger partial charge is 0.352 e. The van der Waals surface area contributed by atoms with E-state index in [4.69, 9.17) is 0 Å². The van der Waals surface area contributed by atoms with Crippen LogP contribution in [0.2, 0.25) is 0 Å². The maximum absolute atomic E-state index is 13.9. The van der Waals surface area contributed by atoms with E-state index in [0.717, 1.165) is 32.5 Å². The van der Waals surface area contributed by atoms with E-state index in [1.165, 1.54) is 18.2 Å². The van der Waals surface area contributed by atoms with Gasteiger partial charge in [0.15, 0.2) is 0 Å². The number of carbonyl (C=O) groups is 1. The molecule has 0 saturated carbocycles. The quantitative estimate of drug-likeness (QED) is 0.339. The van der Waals surface area contributed by atoms with Gasteiger partial charge in [0, 0.05) is 59.2 Å². The van der Waals surface area contributed by atoms with Crippen molar-refractivity contribution in [3.63, 3.8) is 0 Å². The fraction of sp³-hybridized carbons (Fsp3) is 0.333. The molecule has 206 valence electrons. The summed E-state index contributed by atoms with van der Waals surface area (Å²) in [6.45, 7) is 11.3. The van der Waals surface area contributed by atoms with Crippen LogP contribution >= 0.6 is 11.8 Å². The zero-order chi connectivity index (χ0) is 28.1. The number of halogens is 1. The average molecular weight is 559 g/mol. The lowest BCUT2D eigenvalue weighted by molar-refractivity contribution is -0.130. The Kier molecular flexibility index (Phi) is 6.74. The van der Waals surface area contributed by atoms with Crippen LogP contribution in [0.5, 0.6) is 0 Å². The highest BCUT2D eigenvalue weighted by atomic mass is 32.2. The number of hydrogen-bond acceptors (Lipinski definition) is 6. The third kappa shape index (κ3) is 4.40. The Labute approximate surface area is 236 Å². The molecule has 1 amide bonds. The Bertz CT molecular complexity index is 1650. The SMILES string of the molecule is C=CC(=O)N1[C@H](C)CN(c2nc(=O)n3c4c(c(-c5ccc(F)cc5)c(C)cc24)SCC(n2cccn2)C3)C[C@@H]1C. The van der Waals surface area contributed by atoms with E-state index in [0.29, 0.717) is 31.2 Å². The predicted molar refractivity (Wildman–Crippen MR) is 156 cm³/mol. The number of anilines is 1. The summed E-state index contributed by atoms with van der Waals surface area (Å²) in [5.41, 5.74) is 3.43. The van der Waals surface area contributed by atoms with Crippen molar-refractivity contribution in [1.29, 1.82) is 0 Å². The lowest BCUT2D eigenvalue weighted by Gasteiger charge is -2.44. The maximum Gasteiger partial charge on any atom is 0.350 e. The lowest BCUT2D eigenvalue weighted by atomic mass is 9.97. The molecule has 4 heterocycles. The van der Waals surface area contributed by atoms with Crippen molar-refractivity contribution in [2.75, 3.05) is 23.7 Å². The molecule has 2 aromatic heterocycles. The summed E-state index contributed by atoms with van der Waals surface area (Å²) < 4.78 is 17.5. The molecule has 40 heavy (non-hydrogen) atoms. The Morgan fingerprint density at radius 3 is 2.52 bits per heavy atom. The lowest BCUT2D eigenvalue weighted by Crippen LogP contribution is -2.58. The molecule has 3 atom stereocenters. The molecule has 0 radical (unpaired) electrons. The van der Waals surface area contributed by atoms with Crippen LogP contribution in [-0.4, -0.2) is 61.1 Å². The summed E-state index contributed by atoms with van der Waals surface area (Å²) in [5, 5.41) is 5.36. The second kappa shape index (κ2) is 10.2. The average Bonchev–Trinajstić information content (AvgIpc) is 3.39. The van der Waals surface area contributed by atoms with Gasteiger partial charge in [0.2, 0.25) is 5.91 Å². The fourth-order valence-corrected chi connectivity index (χ4v) is 7.58. The molecule has 0 aliphatic carbocycles. The number of aromatic nitrogens is 4. The smallest absolute Gasteiger partial charge is 0.350 e. The molecule has 1 saturated heterocycles. The topological polar surface area (TPSA) is 76.3 Å².